The highest BCUT2D eigenvalue weighted by Crippen LogP contribution is 2.38. The fourth-order valence-electron chi connectivity index (χ4n) is 3.12. The number of anilines is 1. The maximum atomic E-state index is 5.55. The molecule has 126 valence electrons. The molecule has 0 amide bonds. The highest BCUT2D eigenvalue weighted by atomic mass is 32.1. The van der Waals surface area contributed by atoms with Gasteiger partial charge in [-0.2, -0.15) is 5.10 Å². The first-order valence-electron chi connectivity index (χ1n) is 8.53. The van der Waals surface area contributed by atoms with E-state index in [1.807, 2.05) is 25.1 Å². The first-order chi connectivity index (χ1) is 12.3. The molecule has 25 heavy (non-hydrogen) atoms. The third kappa shape index (κ3) is 3.30. The van der Waals surface area contributed by atoms with Gasteiger partial charge in [0, 0.05) is 11.3 Å². The van der Waals surface area contributed by atoms with Crippen molar-refractivity contribution in [3.63, 3.8) is 0 Å². The Morgan fingerprint density at radius 1 is 1.04 bits per heavy atom. The van der Waals surface area contributed by atoms with Crippen molar-refractivity contribution in [3.05, 3.63) is 82.6 Å². The molecule has 1 unspecified atom stereocenters. The van der Waals surface area contributed by atoms with Gasteiger partial charge in [-0.05, 0) is 60.3 Å². The number of hydrogen-bond donors (Lipinski definition) is 0. The zero-order valence-electron chi connectivity index (χ0n) is 14.1. The average molecular weight is 348 g/mol. The van der Waals surface area contributed by atoms with Crippen LogP contribution in [0.4, 0.5) is 5.69 Å². The second-order valence-corrected chi connectivity index (χ2v) is 6.90. The minimum atomic E-state index is 0.254. The Morgan fingerprint density at radius 2 is 1.84 bits per heavy atom. The van der Waals surface area contributed by atoms with Crippen LogP contribution in [0, 0.1) is 0 Å². The van der Waals surface area contributed by atoms with Crippen molar-refractivity contribution in [1.29, 1.82) is 0 Å². The number of para-hydroxylation sites is 1. The standard InChI is InChI=1S/C21H20N2OS/c1-2-24-18-12-10-16(11-13-18)19-15-20(21-9-6-14-25-21)23(22-19)17-7-4-3-5-8-17/h3-14,20H,2,15H2,1H3. The summed E-state index contributed by atoms with van der Waals surface area (Å²) in [6, 6.07) is 23.2. The molecule has 0 N–H and O–H groups in total. The van der Waals surface area contributed by atoms with Crippen molar-refractivity contribution in [2.24, 2.45) is 5.10 Å². The van der Waals surface area contributed by atoms with E-state index in [0.29, 0.717) is 6.61 Å². The summed E-state index contributed by atoms with van der Waals surface area (Å²) in [6.45, 7) is 2.68. The van der Waals surface area contributed by atoms with Crippen molar-refractivity contribution >= 4 is 22.7 Å². The van der Waals surface area contributed by atoms with Gasteiger partial charge < -0.3 is 4.74 Å². The number of thiophene rings is 1. The van der Waals surface area contributed by atoms with Crippen LogP contribution in [-0.2, 0) is 0 Å². The Balaban J connectivity index is 1.67. The molecule has 3 nitrogen and oxygen atoms in total. The minimum Gasteiger partial charge on any atom is -0.494 e. The van der Waals surface area contributed by atoms with Crippen molar-refractivity contribution < 1.29 is 4.74 Å². The fraction of sp³-hybridized carbons (Fsp3) is 0.190. The van der Waals surface area contributed by atoms with E-state index in [2.05, 4.69) is 58.9 Å². The average Bonchev–Trinajstić information content (AvgIpc) is 3.33. The second-order valence-electron chi connectivity index (χ2n) is 5.92. The lowest BCUT2D eigenvalue weighted by atomic mass is 10.0. The predicted molar refractivity (Wildman–Crippen MR) is 105 cm³/mol. The van der Waals surface area contributed by atoms with Crippen LogP contribution >= 0.6 is 11.3 Å². The Morgan fingerprint density at radius 3 is 2.52 bits per heavy atom. The van der Waals surface area contributed by atoms with Gasteiger partial charge >= 0.3 is 0 Å². The number of ether oxygens (including phenoxy) is 1. The number of rotatable bonds is 5. The summed E-state index contributed by atoms with van der Waals surface area (Å²) >= 11 is 1.79. The Hall–Kier alpha value is -2.59. The van der Waals surface area contributed by atoms with E-state index in [1.54, 1.807) is 11.3 Å². The summed E-state index contributed by atoms with van der Waals surface area (Å²) in [5.41, 5.74) is 3.40. The van der Waals surface area contributed by atoms with Gasteiger partial charge in [-0.15, -0.1) is 11.3 Å². The Labute approximate surface area is 152 Å². The third-order valence-electron chi connectivity index (χ3n) is 4.30. The molecular weight excluding hydrogens is 328 g/mol. The Bertz CT molecular complexity index is 841. The summed E-state index contributed by atoms with van der Waals surface area (Å²) in [5, 5.41) is 9.24. The topological polar surface area (TPSA) is 24.8 Å². The molecular formula is C21H20N2OS. The van der Waals surface area contributed by atoms with E-state index in [9.17, 15) is 0 Å². The highest BCUT2D eigenvalue weighted by molar-refractivity contribution is 7.10. The molecule has 3 aromatic rings. The summed E-state index contributed by atoms with van der Waals surface area (Å²) in [7, 11) is 0. The van der Waals surface area contributed by atoms with Gasteiger partial charge in [0.15, 0.2) is 0 Å². The van der Waals surface area contributed by atoms with Crippen molar-refractivity contribution in [1.82, 2.24) is 0 Å². The molecule has 1 aromatic heterocycles. The first-order valence-corrected chi connectivity index (χ1v) is 9.41. The van der Waals surface area contributed by atoms with E-state index in [0.717, 1.165) is 29.1 Å². The van der Waals surface area contributed by atoms with E-state index in [1.165, 1.54) is 4.88 Å². The zero-order chi connectivity index (χ0) is 17.1. The molecule has 2 heterocycles. The molecule has 0 aliphatic carbocycles. The van der Waals surface area contributed by atoms with Gasteiger partial charge in [0.2, 0.25) is 0 Å². The SMILES string of the molecule is CCOc1ccc(C2=NN(c3ccccc3)C(c3cccs3)C2)cc1. The fourth-order valence-corrected chi connectivity index (χ4v) is 3.93. The number of nitrogens with zero attached hydrogens (tertiary/aromatic N) is 2. The maximum Gasteiger partial charge on any atom is 0.119 e. The highest BCUT2D eigenvalue weighted by Gasteiger charge is 2.30. The molecule has 1 atom stereocenters. The van der Waals surface area contributed by atoms with E-state index in [4.69, 9.17) is 9.84 Å². The van der Waals surface area contributed by atoms with Crippen LogP contribution in [0.5, 0.6) is 5.75 Å². The Kier molecular flexibility index (Phi) is 4.53. The molecule has 2 aromatic carbocycles. The lowest BCUT2D eigenvalue weighted by molar-refractivity contribution is 0.340. The second kappa shape index (κ2) is 7.11. The van der Waals surface area contributed by atoms with Crippen LogP contribution in [-0.4, -0.2) is 12.3 Å². The quantitative estimate of drug-likeness (QED) is 0.608. The predicted octanol–water partition coefficient (Wildman–Crippen LogP) is 5.50. The lowest BCUT2D eigenvalue weighted by Gasteiger charge is -2.22. The van der Waals surface area contributed by atoms with Crippen LogP contribution in [0.1, 0.15) is 29.8 Å². The van der Waals surface area contributed by atoms with Gasteiger partial charge in [-0.1, -0.05) is 24.3 Å². The van der Waals surface area contributed by atoms with Crippen LogP contribution in [0.3, 0.4) is 0 Å². The monoisotopic (exact) mass is 348 g/mol. The lowest BCUT2D eigenvalue weighted by Crippen LogP contribution is -2.17. The molecule has 0 fully saturated rings. The molecule has 0 spiro atoms. The number of hydrazone groups is 1. The third-order valence-corrected chi connectivity index (χ3v) is 5.27. The largest absolute Gasteiger partial charge is 0.494 e. The van der Waals surface area contributed by atoms with Gasteiger partial charge in [0.25, 0.3) is 0 Å². The normalized spacial score (nSPS) is 16.8. The van der Waals surface area contributed by atoms with Crippen molar-refractivity contribution in [2.75, 3.05) is 11.6 Å². The number of benzene rings is 2. The molecule has 0 saturated heterocycles. The minimum absolute atomic E-state index is 0.254. The van der Waals surface area contributed by atoms with Gasteiger partial charge in [0.05, 0.1) is 24.0 Å². The molecule has 4 rings (SSSR count). The van der Waals surface area contributed by atoms with E-state index in [-0.39, 0.29) is 6.04 Å². The zero-order valence-corrected chi connectivity index (χ0v) is 14.9. The molecule has 1 aliphatic rings. The molecule has 0 bridgehead atoms. The van der Waals surface area contributed by atoms with Gasteiger partial charge in [-0.3, -0.25) is 5.01 Å². The molecule has 0 radical (unpaired) electrons. The number of hydrogen-bond acceptors (Lipinski definition) is 4. The van der Waals surface area contributed by atoms with Gasteiger partial charge in [-0.25, -0.2) is 0 Å². The smallest absolute Gasteiger partial charge is 0.119 e. The summed E-state index contributed by atoms with van der Waals surface area (Å²) in [4.78, 5) is 1.34. The van der Waals surface area contributed by atoms with E-state index >= 15 is 0 Å². The van der Waals surface area contributed by atoms with E-state index < -0.39 is 0 Å². The molecule has 0 saturated carbocycles. The van der Waals surface area contributed by atoms with Crippen LogP contribution in [0.2, 0.25) is 0 Å². The van der Waals surface area contributed by atoms with Crippen LogP contribution in [0.25, 0.3) is 0 Å². The maximum absolute atomic E-state index is 5.55. The first kappa shape index (κ1) is 15.9. The van der Waals surface area contributed by atoms with Crippen LogP contribution < -0.4 is 9.75 Å². The summed E-state index contributed by atoms with van der Waals surface area (Å²) < 4.78 is 5.55. The summed E-state index contributed by atoms with van der Waals surface area (Å²) in [5.74, 6) is 0.902. The van der Waals surface area contributed by atoms with Crippen molar-refractivity contribution in [3.8, 4) is 5.75 Å². The van der Waals surface area contributed by atoms with Crippen LogP contribution in [0.15, 0.2) is 77.2 Å². The molecule has 1 aliphatic heterocycles. The summed E-state index contributed by atoms with van der Waals surface area (Å²) in [6.07, 6.45) is 0.906. The van der Waals surface area contributed by atoms with Crippen molar-refractivity contribution in [2.45, 2.75) is 19.4 Å². The molecule has 4 heteroatoms. The van der Waals surface area contributed by atoms with Gasteiger partial charge in [0.1, 0.15) is 5.75 Å².